The second-order valence-corrected chi connectivity index (χ2v) is 7.95. The Balaban J connectivity index is 2.33. The van der Waals surface area contributed by atoms with Crippen molar-refractivity contribution >= 4 is 29.1 Å². The normalized spacial score (nSPS) is 14.8. The molecule has 0 fully saturated rings. The maximum absolute atomic E-state index is 12.9. The number of carbonyl (C=O) groups is 2. The zero-order valence-corrected chi connectivity index (χ0v) is 16.3. The second-order valence-electron chi connectivity index (χ2n) is 6.36. The molecule has 0 saturated heterocycles. The van der Waals surface area contributed by atoms with Gasteiger partial charge in [0.05, 0.1) is 17.1 Å². The van der Waals surface area contributed by atoms with Gasteiger partial charge in [0.15, 0.2) is 0 Å². The average molecular weight is 362 g/mol. The minimum absolute atomic E-state index is 0.154. The minimum Gasteiger partial charge on any atom is -0.494 e. The van der Waals surface area contributed by atoms with Crippen LogP contribution in [-0.2, 0) is 9.59 Å². The Hall–Kier alpha value is -1.75. The molecule has 0 aliphatic carbocycles. The van der Waals surface area contributed by atoms with Crippen LogP contribution in [-0.4, -0.2) is 35.1 Å². The van der Waals surface area contributed by atoms with Crippen molar-refractivity contribution < 1.29 is 14.3 Å². The highest BCUT2D eigenvalue weighted by molar-refractivity contribution is 8.04. The second kappa shape index (κ2) is 9.09. The Morgan fingerprint density at radius 1 is 1.04 bits per heavy atom. The van der Waals surface area contributed by atoms with E-state index in [1.807, 2.05) is 38.1 Å². The van der Waals surface area contributed by atoms with Gasteiger partial charge in [-0.1, -0.05) is 46.2 Å². The number of hydrogen-bond acceptors (Lipinski definition) is 4. The lowest BCUT2D eigenvalue weighted by Crippen LogP contribution is -2.32. The number of rotatable bonds is 9. The first-order chi connectivity index (χ1) is 12.0. The predicted molar refractivity (Wildman–Crippen MR) is 104 cm³/mol. The molecular formula is C20H27NO3S. The number of benzene rings is 1. The number of ether oxygens (including phenoxy) is 1. The third-order valence-electron chi connectivity index (χ3n) is 3.83. The van der Waals surface area contributed by atoms with Crippen molar-refractivity contribution in [1.82, 2.24) is 4.90 Å². The lowest BCUT2D eigenvalue weighted by atomic mass is 10.1. The van der Waals surface area contributed by atoms with Gasteiger partial charge < -0.3 is 4.74 Å². The minimum atomic E-state index is -0.177. The first kappa shape index (κ1) is 19.6. The van der Waals surface area contributed by atoms with Gasteiger partial charge in [-0.2, -0.15) is 0 Å². The van der Waals surface area contributed by atoms with Crippen LogP contribution in [0.5, 0.6) is 5.75 Å². The van der Waals surface area contributed by atoms with Gasteiger partial charge in [-0.3, -0.25) is 14.5 Å². The molecule has 1 aromatic rings. The molecule has 0 atom stereocenters. The highest BCUT2D eigenvalue weighted by atomic mass is 32.2. The van der Waals surface area contributed by atoms with Gasteiger partial charge in [0.25, 0.3) is 11.8 Å². The van der Waals surface area contributed by atoms with Crippen LogP contribution in [0.3, 0.4) is 0 Å². The van der Waals surface area contributed by atoms with Gasteiger partial charge in [0, 0.05) is 11.8 Å². The predicted octanol–water partition coefficient (Wildman–Crippen LogP) is 4.50. The number of hydrogen-bond donors (Lipinski definition) is 0. The van der Waals surface area contributed by atoms with Crippen LogP contribution < -0.4 is 4.74 Å². The summed E-state index contributed by atoms with van der Waals surface area (Å²) in [4.78, 5) is 27.6. The summed E-state index contributed by atoms with van der Waals surface area (Å²) in [6.07, 6.45) is 2.72. The number of nitrogens with zero attached hydrogens (tertiary/aromatic N) is 1. The van der Waals surface area contributed by atoms with Crippen molar-refractivity contribution in [2.24, 2.45) is 0 Å². The van der Waals surface area contributed by atoms with E-state index in [1.165, 1.54) is 16.7 Å². The summed E-state index contributed by atoms with van der Waals surface area (Å²) in [5.41, 5.74) is 1.31. The van der Waals surface area contributed by atoms with Crippen molar-refractivity contribution in [2.75, 3.05) is 13.2 Å². The highest BCUT2D eigenvalue weighted by Crippen LogP contribution is 2.38. The van der Waals surface area contributed by atoms with Gasteiger partial charge in [0.1, 0.15) is 5.75 Å². The largest absolute Gasteiger partial charge is 0.494 e. The molecule has 4 nitrogen and oxygen atoms in total. The van der Waals surface area contributed by atoms with Crippen LogP contribution >= 0.6 is 11.8 Å². The van der Waals surface area contributed by atoms with Crippen molar-refractivity contribution in [1.29, 1.82) is 0 Å². The molecule has 5 heteroatoms. The van der Waals surface area contributed by atoms with Crippen LogP contribution in [0.4, 0.5) is 0 Å². The number of amides is 2. The molecule has 0 aromatic heterocycles. The molecule has 0 N–H and O–H groups in total. The van der Waals surface area contributed by atoms with E-state index < -0.39 is 0 Å². The third-order valence-corrected chi connectivity index (χ3v) is 4.92. The molecule has 1 heterocycles. The zero-order chi connectivity index (χ0) is 18.4. The van der Waals surface area contributed by atoms with Crippen LogP contribution in [0, 0.1) is 0 Å². The Labute approximate surface area is 154 Å². The highest BCUT2D eigenvalue weighted by Gasteiger charge is 2.39. The zero-order valence-electron chi connectivity index (χ0n) is 15.5. The molecule has 0 bridgehead atoms. The number of imide groups is 1. The van der Waals surface area contributed by atoms with E-state index in [9.17, 15) is 9.59 Å². The Bertz CT molecular complexity index is 649. The fourth-order valence-corrected chi connectivity index (χ4v) is 3.62. The van der Waals surface area contributed by atoms with Crippen LogP contribution in [0.1, 0.15) is 52.5 Å². The summed E-state index contributed by atoms with van der Waals surface area (Å²) in [5.74, 6) is 0.450. The van der Waals surface area contributed by atoms with Crippen LogP contribution in [0.2, 0.25) is 0 Å². The van der Waals surface area contributed by atoms with E-state index in [2.05, 4.69) is 13.8 Å². The monoisotopic (exact) mass is 361 g/mol. The number of carbonyl (C=O) groups excluding carboxylic acids is 2. The average Bonchev–Trinajstić information content (AvgIpc) is 2.81. The van der Waals surface area contributed by atoms with E-state index in [0.717, 1.165) is 30.6 Å². The molecule has 25 heavy (non-hydrogen) atoms. The molecule has 0 spiro atoms. The van der Waals surface area contributed by atoms with Crippen LogP contribution in [0.25, 0.3) is 5.57 Å². The Morgan fingerprint density at radius 3 is 2.28 bits per heavy atom. The van der Waals surface area contributed by atoms with Gasteiger partial charge in [-0.15, -0.1) is 11.8 Å². The van der Waals surface area contributed by atoms with Crippen LogP contribution in [0.15, 0.2) is 29.2 Å². The van der Waals surface area contributed by atoms with Gasteiger partial charge in [-0.05, 0) is 30.5 Å². The molecule has 2 rings (SSSR count). The maximum Gasteiger partial charge on any atom is 0.267 e. The molecule has 0 unspecified atom stereocenters. The van der Waals surface area contributed by atoms with E-state index in [0.29, 0.717) is 23.6 Å². The summed E-state index contributed by atoms with van der Waals surface area (Å²) >= 11 is 1.47. The fourth-order valence-electron chi connectivity index (χ4n) is 2.61. The summed E-state index contributed by atoms with van der Waals surface area (Å²) in [7, 11) is 0. The molecule has 1 aromatic carbocycles. The molecule has 1 aliphatic rings. The smallest absolute Gasteiger partial charge is 0.267 e. The number of thioether (sulfide) groups is 1. The Morgan fingerprint density at radius 2 is 1.72 bits per heavy atom. The quantitative estimate of drug-likeness (QED) is 0.608. The summed E-state index contributed by atoms with van der Waals surface area (Å²) < 4.78 is 5.60. The van der Waals surface area contributed by atoms with Crippen molar-refractivity contribution in [3.63, 3.8) is 0 Å². The molecule has 0 saturated carbocycles. The summed E-state index contributed by atoms with van der Waals surface area (Å²) in [5, 5.41) is 0.236. The topological polar surface area (TPSA) is 46.6 Å². The summed E-state index contributed by atoms with van der Waals surface area (Å²) in [6, 6.07) is 7.47. The molecule has 1 aliphatic heterocycles. The third kappa shape index (κ3) is 4.66. The lowest BCUT2D eigenvalue weighted by molar-refractivity contribution is -0.136. The van der Waals surface area contributed by atoms with Gasteiger partial charge >= 0.3 is 0 Å². The van der Waals surface area contributed by atoms with E-state index in [1.54, 1.807) is 0 Å². The maximum atomic E-state index is 12.9. The van der Waals surface area contributed by atoms with E-state index in [-0.39, 0.29) is 17.1 Å². The number of unbranched alkanes of at least 4 members (excludes halogenated alkanes) is 1. The van der Waals surface area contributed by atoms with Crippen molar-refractivity contribution in [2.45, 2.75) is 52.2 Å². The van der Waals surface area contributed by atoms with Crippen molar-refractivity contribution in [3.05, 3.63) is 34.7 Å². The Kier molecular flexibility index (Phi) is 7.12. The summed E-state index contributed by atoms with van der Waals surface area (Å²) in [6.45, 7) is 9.32. The molecule has 136 valence electrons. The first-order valence-electron chi connectivity index (χ1n) is 8.99. The molecular weight excluding hydrogens is 334 g/mol. The SMILES string of the molecule is CCCCN1C(=O)C(SC(C)C)=C(c2ccc(OCCC)cc2)C1=O. The fraction of sp³-hybridized carbons (Fsp3) is 0.500. The van der Waals surface area contributed by atoms with Crippen molar-refractivity contribution in [3.8, 4) is 5.75 Å². The first-order valence-corrected chi connectivity index (χ1v) is 9.87. The standard InChI is InChI=1S/C20H27NO3S/c1-5-7-12-21-19(22)17(18(20(21)23)25-14(3)4)15-8-10-16(11-9-15)24-13-6-2/h8-11,14H,5-7,12-13H2,1-4H3. The van der Waals surface area contributed by atoms with E-state index >= 15 is 0 Å². The lowest BCUT2D eigenvalue weighted by Gasteiger charge is -2.14. The van der Waals surface area contributed by atoms with Gasteiger partial charge in [-0.25, -0.2) is 0 Å². The molecule has 2 amide bonds. The molecule has 0 radical (unpaired) electrons. The van der Waals surface area contributed by atoms with E-state index in [4.69, 9.17) is 4.74 Å². The van der Waals surface area contributed by atoms with Gasteiger partial charge in [0.2, 0.25) is 0 Å².